The second kappa shape index (κ2) is 8.93. The second-order valence-electron chi connectivity index (χ2n) is 5.11. The van der Waals surface area contributed by atoms with Crippen LogP contribution in [0.2, 0.25) is 5.02 Å². The number of amides is 2. The van der Waals surface area contributed by atoms with E-state index in [-0.39, 0.29) is 24.8 Å². The predicted octanol–water partition coefficient (Wildman–Crippen LogP) is 2.78. The van der Waals surface area contributed by atoms with Crippen molar-refractivity contribution >= 4 is 23.4 Å². The molecular weight excluding hydrogens is 328 g/mol. The van der Waals surface area contributed by atoms with E-state index in [1.54, 1.807) is 36.4 Å². The first kappa shape index (κ1) is 17.8. The summed E-state index contributed by atoms with van der Waals surface area (Å²) in [6.07, 6.45) is 0.203. The molecule has 0 bridgehead atoms. The minimum atomic E-state index is -0.266. The van der Waals surface area contributed by atoms with E-state index in [9.17, 15) is 9.59 Å². The van der Waals surface area contributed by atoms with E-state index in [4.69, 9.17) is 16.3 Å². The van der Waals surface area contributed by atoms with Gasteiger partial charge in [0.15, 0.2) is 0 Å². The molecule has 2 aromatic carbocycles. The lowest BCUT2D eigenvalue weighted by Crippen LogP contribution is -2.30. The summed E-state index contributed by atoms with van der Waals surface area (Å²) in [7, 11) is 1.51. The van der Waals surface area contributed by atoms with Crippen molar-refractivity contribution < 1.29 is 14.3 Å². The third-order valence-corrected chi connectivity index (χ3v) is 3.64. The lowest BCUT2D eigenvalue weighted by Gasteiger charge is -2.09. The Hall–Kier alpha value is -2.53. The Balaban J connectivity index is 1.74. The third kappa shape index (κ3) is 5.28. The van der Waals surface area contributed by atoms with Crippen LogP contribution >= 0.6 is 11.6 Å². The van der Waals surface area contributed by atoms with Crippen molar-refractivity contribution in [3.8, 4) is 5.75 Å². The number of carbonyl (C=O) groups is 2. The van der Waals surface area contributed by atoms with Gasteiger partial charge in [-0.1, -0.05) is 35.9 Å². The number of rotatable bonds is 7. The van der Waals surface area contributed by atoms with Gasteiger partial charge in [0.05, 0.1) is 12.7 Å². The van der Waals surface area contributed by atoms with E-state index < -0.39 is 0 Å². The Morgan fingerprint density at radius 1 is 1.04 bits per heavy atom. The van der Waals surface area contributed by atoms with E-state index in [0.717, 1.165) is 5.56 Å². The lowest BCUT2D eigenvalue weighted by atomic mass is 10.2. The van der Waals surface area contributed by atoms with Crippen molar-refractivity contribution in [3.63, 3.8) is 0 Å². The summed E-state index contributed by atoms with van der Waals surface area (Å²) >= 11 is 5.81. The summed E-state index contributed by atoms with van der Waals surface area (Å²) in [5.74, 6) is 0.102. The fraction of sp³-hybridized carbons (Fsp3) is 0.222. The van der Waals surface area contributed by atoms with Crippen molar-refractivity contribution in [2.24, 2.45) is 0 Å². The Morgan fingerprint density at radius 2 is 1.75 bits per heavy atom. The maximum Gasteiger partial charge on any atom is 0.255 e. The molecule has 0 aliphatic carbocycles. The van der Waals surface area contributed by atoms with Crippen molar-refractivity contribution in [1.82, 2.24) is 10.6 Å². The van der Waals surface area contributed by atoms with Crippen LogP contribution in [0.1, 0.15) is 22.3 Å². The molecule has 2 N–H and O–H groups in total. The fourth-order valence-corrected chi connectivity index (χ4v) is 2.23. The molecule has 0 fully saturated rings. The minimum Gasteiger partial charge on any atom is -0.496 e. The summed E-state index contributed by atoms with van der Waals surface area (Å²) in [6.45, 7) is 0.680. The zero-order valence-corrected chi connectivity index (χ0v) is 14.1. The average Bonchev–Trinajstić information content (AvgIpc) is 2.61. The van der Waals surface area contributed by atoms with Crippen LogP contribution in [0.15, 0.2) is 48.5 Å². The number of methoxy groups -OCH3 is 1. The maximum atomic E-state index is 12.1. The van der Waals surface area contributed by atoms with Crippen molar-refractivity contribution in [2.75, 3.05) is 13.7 Å². The smallest absolute Gasteiger partial charge is 0.255 e. The molecule has 6 heteroatoms. The topological polar surface area (TPSA) is 67.4 Å². The van der Waals surface area contributed by atoms with Gasteiger partial charge in [-0.2, -0.15) is 0 Å². The molecule has 5 nitrogen and oxygen atoms in total. The Labute approximate surface area is 146 Å². The van der Waals surface area contributed by atoms with E-state index >= 15 is 0 Å². The first-order chi connectivity index (χ1) is 11.6. The van der Waals surface area contributed by atoms with Gasteiger partial charge in [-0.15, -0.1) is 0 Å². The molecule has 0 spiro atoms. The van der Waals surface area contributed by atoms with Gasteiger partial charge in [-0.25, -0.2) is 0 Å². The normalized spacial score (nSPS) is 10.1. The van der Waals surface area contributed by atoms with Gasteiger partial charge in [-0.05, 0) is 29.8 Å². The molecule has 2 rings (SSSR count). The van der Waals surface area contributed by atoms with Crippen LogP contribution in [0.5, 0.6) is 5.75 Å². The first-order valence-corrected chi connectivity index (χ1v) is 7.90. The van der Waals surface area contributed by atoms with Crippen LogP contribution in [0.3, 0.4) is 0 Å². The predicted molar refractivity (Wildman–Crippen MR) is 93.2 cm³/mol. The van der Waals surface area contributed by atoms with E-state index in [1.165, 1.54) is 7.11 Å². The molecule has 24 heavy (non-hydrogen) atoms. The Kier molecular flexibility index (Phi) is 6.63. The Bertz CT molecular complexity index is 702. The zero-order chi connectivity index (χ0) is 17.4. The molecule has 2 amide bonds. The standard InChI is InChI=1S/C18H19ClN2O3/c1-24-16-5-3-2-4-15(16)18(23)20-11-10-17(22)21-12-13-6-8-14(19)9-7-13/h2-9H,10-12H2,1H3,(H,20,23)(H,21,22). The summed E-state index contributed by atoms with van der Waals surface area (Å²) in [6, 6.07) is 14.2. The highest BCUT2D eigenvalue weighted by Crippen LogP contribution is 2.16. The molecule has 2 aromatic rings. The monoisotopic (exact) mass is 346 g/mol. The highest BCUT2D eigenvalue weighted by atomic mass is 35.5. The van der Waals surface area contributed by atoms with Crippen molar-refractivity contribution in [2.45, 2.75) is 13.0 Å². The van der Waals surface area contributed by atoms with Crippen LogP contribution in [0.4, 0.5) is 0 Å². The van der Waals surface area contributed by atoms with Gasteiger partial charge in [0.2, 0.25) is 5.91 Å². The van der Waals surface area contributed by atoms with Crippen LogP contribution < -0.4 is 15.4 Å². The number of para-hydroxylation sites is 1. The number of hydrogen-bond acceptors (Lipinski definition) is 3. The van der Waals surface area contributed by atoms with Crippen molar-refractivity contribution in [1.29, 1.82) is 0 Å². The second-order valence-corrected chi connectivity index (χ2v) is 5.55. The number of nitrogens with one attached hydrogen (secondary N) is 2. The quantitative estimate of drug-likeness (QED) is 0.810. The molecule has 0 aliphatic rings. The number of benzene rings is 2. The van der Waals surface area contributed by atoms with Crippen LogP contribution in [-0.4, -0.2) is 25.5 Å². The first-order valence-electron chi connectivity index (χ1n) is 7.52. The molecule has 0 aromatic heterocycles. The van der Waals surface area contributed by atoms with Crippen LogP contribution in [0, 0.1) is 0 Å². The van der Waals surface area contributed by atoms with Crippen LogP contribution in [0.25, 0.3) is 0 Å². The number of halogens is 1. The minimum absolute atomic E-state index is 0.134. The molecular formula is C18H19ClN2O3. The molecule has 0 radical (unpaired) electrons. The molecule has 0 unspecified atom stereocenters. The SMILES string of the molecule is COc1ccccc1C(=O)NCCC(=O)NCc1ccc(Cl)cc1. The molecule has 126 valence electrons. The van der Waals surface area contributed by atoms with E-state index in [1.807, 2.05) is 12.1 Å². The fourth-order valence-electron chi connectivity index (χ4n) is 2.11. The highest BCUT2D eigenvalue weighted by Gasteiger charge is 2.11. The highest BCUT2D eigenvalue weighted by molar-refractivity contribution is 6.30. The molecule has 0 aliphatic heterocycles. The van der Waals surface area contributed by atoms with Crippen LogP contribution in [-0.2, 0) is 11.3 Å². The largest absolute Gasteiger partial charge is 0.496 e. The summed E-state index contributed by atoms with van der Waals surface area (Å²) in [5.41, 5.74) is 1.41. The van der Waals surface area contributed by atoms with E-state index in [0.29, 0.717) is 22.9 Å². The summed E-state index contributed by atoms with van der Waals surface area (Å²) in [5, 5.41) is 6.17. The maximum absolute atomic E-state index is 12.1. The van der Waals surface area contributed by atoms with Gasteiger partial charge in [0.25, 0.3) is 5.91 Å². The van der Waals surface area contributed by atoms with E-state index in [2.05, 4.69) is 10.6 Å². The van der Waals surface area contributed by atoms with Gasteiger partial charge in [0.1, 0.15) is 5.75 Å². The zero-order valence-electron chi connectivity index (χ0n) is 13.3. The molecule has 0 saturated carbocycles. The Morgan fingerprint density at radius 3 is 2.46 bits per heavy atom. The molecule has 0 saturated heterocycles. The summed E-state index contributed by atoms with van der Waals surface area (Å²) in [4.78, 5) is 23.9. The van der Waals surface area contributed by atoms with Gasteiger partial charge >= 0.3 is 0 Å². The number of ether oxygens (including phenoxy) is 1. The van der Waals surface area contributed by atoms with Crippen molar-refractivity contribution in [3.05, 3.63) is 64.7 Å². The van der Waals surface area contributed by atoms with Gasteiger partial charge in [0, 0.05) is 24.5 Å². The lowest BCUT2D eigenvalue weighted by molar-refractivity contribution is -0.121. The number of hydrogen-bond donors (Lipinski definition) is 2. The van der Waals surface area contributed by atoms with Gasteiger partial charge in [-0.3, -0.25) is 9.59 Å². The average molecular weight is 347 g/mol. The molecule has 0 heterocycles. The third-order valence-electron chi connectivity index (χ3n) is 3.39. The number of carbonyl (C=O) groups excluding carboxylic acids is 2. The molecule has 0 atom stereocenters. The van der Waals surface area contributed by atoms with Gasteiger partial charge < -0.3 is 15.4 Å². The summed E-state index contributed by atoms with van der Waals surface area (Å²) < 4.78 is 5.14.